The van der Waals surface area contributed by atoms with Gasteiger partial charge in [0.1, 0.15) is 6.61 Å². The number of amides is 1. The number of carbonyl (C=O) groups is 2. The summed E-state index contributed by atoms with van der Waals surface area (Å²) < 4.78 is 4.83. The van der Waals surface area contributed by atoms with E-state index in [0.29, 0.717) is 12.3 Å². The number of ether oxygens (including phenoxy) is 1. The van der Waals surface area contributed by atoms with Gasteiger partial charge in [-0.25, -0.2) is 4.79 Å². The van der Waals surface area contributed by atoms with Gasteiger partial charge in [0.25, 0.3) is 0 Å². The molecule has 22 heavy (non-hydrogen) atoms. The molecule has 0 atom stereocenters. The Labute approximate surface area is 135 Å². The highest BCUT2D eigenvalue weighted by molar-refractivity contribution is 8.00. The van der Waals surface area contributed by atoms with Gasteiger partial charge in [0.2, 0.25) is 5.91 Å². The molecule has 1 amide bonds. The van der Waals surface area contributed by atoms with E-state index in [2.05, 4.69) is 38.2 Å². The second kappa shape index (κ2) is 8.80. The van der Waals surface area contributed by atoms with Crippen LogP contribution in [0.2, 0.25) is 0 Å². The van der Waals surface area contributed by atoms with Crippen LogP contribution in [0.25, 0.3) is 0 Å². The van der Waals surface area contributed by atoms with Crippen LogP contribution in [0.3, 0.4) is 0 Å². The van der Waals surface area contributed by atoms with Gasteiger partial charge in [-0.3, -0.25) is 4.79 Å². The normalized spacial score (nSPS) is 11.2. The number of carboxylic acids is 1. The molecule has 0 aromatic heterocycles. The second-order valence-corrected chi connectivity index (χ2v) is 6.91. The van der Waals surface area contributed by atoms with Gasteiger partial charge in [0, 0.05) is 11.4 Å². The minimum absolute atomic E-state index is 0.0937. The third-order valence-corrected chi connectivity index (χ3v) is 3.90. The van der Waals surface area contributed by atoms with E-state index in [0.717, 1.165) is 4.90 Å². The Balaban J connectivity index is 2.25. The van der Waals surface area contributed by atoms with Crippen LogP contribution in [0.1, 0.15) is 26.3 Å². The van der Waals surface area contributed by atoms with Crippen molar-refractivity contribution in [2.75, 3.05) is 25.5 Å². The van der Waals surface area contributed by atoms with E-state index in [4.69, 9.17) is 9.84 Å². The molecule has 0 unspecified atom stereocenters. The summed E-state index contributed by atoms with van der Waals surface area (Å²) in [6, 6.07) is 8.21. The molecule has 2 N–H and O–H groups in total. The Bertz CT molecular complexity index is 494. The number of carbonyl (C=O) groups excluding carboxylic acids is 1. The number of nitrogens with one attached hydrogen (secondary N) is 1. The Morgan fingerprint density at radius 3 is 2.41 bits per heavy atom. The van der Waals surface area contributed by atoms with E-state index in [1.165, 1.54) is 17.3 Å². The van der Waals surface area contributed by atoms with Crippen LogP contribution in [0.15, 0.2) is 29.2 Å². The molecule has 1 aromatic rings. The molecule has 0 spiro atoms. The third-order valence-electron chi connectivity index (χ3n) is 2.88. The quantitative estimate of drug-likeness (QED) is 0.566. The summed E-state index contributed by atoms with van der Waals surface area (Å²) in [6.07, 6.45) is 0. The van der Waals surface area contributed by atoms with Crippen LogP contribution < -0.4 is 5.32 Å². The monoisotopic (exact) mass is 325 g/mol. The predicted octanol–water partition coefficient (Wildman–Crippen LogP) is 2.29. The summed E-state index contributed by atoms with van der Waals surface area (Å²) in [6.45, 7) is 6.66. The summed E-state index contributed by atoms with van der Waals surface area (Å²) in [5, 5.41) is 11.1. The zero-order valence-electron chi connectivity index (χ0n) is 13.2. The molecule has 0 saturated heterocycles. The highest BCUT2D eigenvalue weighted by Gasteiger charge is 2.13. The van der Waals surface area contributed by atoms with E-state index in [1.807, 2.05) is 12.1 Å². The van der Waals surface area contributed by atoms with Crippen molar-refractivity contribution in [1.82, 2.24) is 5.32 Å². The van der Waals surface area contributed by atoms with Crippen molar-refractivity contribution in [2.45, 2.75) is 31.1 Å². The topological polar surface area (TPSA) is 75.6 Å². The Hall–Kier alpha value is -1.53. The van der Waals surface area contributed by atoms with E-state index >= 15 is 0 Å². The molecule has 122 valence electrons. The first-order chi connectivity index (χ1) is 10.3. The van der Waals surface area contributed by atoms with Gasteiger partial charge in [-0.1, -0.05) is 32.9 Å². The van der Waals surface area contributed by atoms with Crippen molar-refractivity contribution in [2.24, 2.45) is 0 Å². The van der Waals surface area contributed by atoms with Crippen molar-refractivity contribution in [3.05, 3.63) is 29.8 Å². The summed E-state index contributed by atoms with van der Waals surface area (Å²) in [5.74, 6) is -0.780. The number of aliphatic carboxylic acids is 1. The van der Waals surface area contributed by atoms with Gasteiger partial charge in [0.15, 0.2) is 0 Å². The SMILES string of the molecule is CC(C)(C)c1ccc(SCC(=O)NCCOCC(=O)O)cc1. The van der Waals surface area contributed by atoms with E-state index < -0.39 is 5.97 Å². The summed E-state index contributed by atoms with van der Waals surface area (Å²) in [4.78, 5) is 22.9. The fourth-order valence-corrected chi connectivity index (χ4v) is 2.40. The molecule has 0 aliphatic carbocycles. The van der Waals surface area contributed by atoms with Crippen LogP contribution >= 0.6 is 11.8 Å². The lowest BCUT2D eigenvalue weighted by Gasteiger charge is -2.19. The van der Waals surface area contributed by atoms with Crippen LogP contribution in [0.5, 0.6) is 0 Å². The van der Waals surface area contributed by atoms with Crippen molar-refractivity contribution < 1.29 is 19.4 Å². The molecule has 0 aliphatic heterocycles. The lowest BCUT2D eigenvalue weighted by molar-refractivity contribution is -0.142. The van der Waals surface area contributed by atoms with E-state index in [9.17, 15) is 9.59 Å². The lowest BCUT2D eigenvalue weighted by atomic mass is 9.87. The highest BCUT2D eigenvalue weighted by Crippen LogP contribution is 2.25. The van der Waals surface area contributed by atoms with Gasteiger partial charge >= 0.3 is 5.97 Å². The number of rotatable bonds is 8. The van der Waals surface area contributed by atoms with E-state index in [1.54, 1.807) is 0 Å². The Morgan fingerprint density at radius 1 is 1.23 bits per heavy atom. The molecule has 0 radical (unpaired) electrons. The maximum atomic E-state index is 11.6. The minimum Gasteiger partial charge on any atom is -0.480 e. The fraction of sp³-hybridized carbons (Fsp3) is 0.500. The number of thioether (sulfide) groups is 1. The third kappa shape index (κ3) is 7.47. The van der Waals surface area contributed by atoms with Crippen molar-refractivity contribution in [3.8, 4) is 0 Å². The summed E-state index contributed by atoms with van der Waals surface area (Å²) in [7, 11) is 0. The molecule has 1 rings (SSSR count). The average Bonchev–Trinajstić information content (AvgIpc) is 2.44. The van der Waals surface area contributed by atoms with Gasteiger partial charge in [-0.2, -0.15) is 0 Å². The molecule has 0 bridgehead atoms. The molecule has 0 heterocycles. The van der Waals surface area contributed by atoms with Gasteiger partial charge in [-0.15, -0.1) is 11.8 Å². The van der Waals surface area contributed by atoms with Crippen LogP contribution in [0.4, 0.5) is 0 Å². The van der Waals surface area contributed by atoms with Crippen molar-refractivity contribution in [1.29, 1.82) is 0 Å². The van der Waals surface area contributed by atoms with Gasteiger partial charge in [-0.05, 0) is 23.1 Å². The number of hydrogen-bond donors (Lipinski definition) is 2. The molecule has 0 fully saturated rings. The number of benzene rings is 1. The van der Waals surface area contributed by atoms with Crippen LogP contribution in [-0.2, 0) is 19.7 Å². The summed E-state index contributed by atoms with van der Waals surface area (Å²) >= 11 is 1.47. The molecular weight excluding hydrogens is 302 g/mol. The molecule has 5 nitrogen and oxygen atoms in total. The van der Waals surface area contributed by atoms with Crippen molar-refractivity contribution >= 4 is 23.6 Å². The zero-order valence-corrected chi connectivity index (χ0v) is 14.0. The Kier molecular flexibility index (Phi) is 7.41. The zero-order chi connectivity index (χ0) is 16.6. The van der Waals surface area contributed by atoms with Crippen LogP contribution in [0, 0.1) is 0 Å². The predicted molar refractivity (Wildman–Crippen MR) is 87.3 cm³/mol. The molecule has 0 aliphatic rings. The number of hydrogen-bond acceptors (Lipinski definition) is 4. The summed E-state index contributed by atoms with van der Waals surface area (Å²) in [5.41, 5.74) is 1.38. The molecule has 6 heteroatoms. The Morgan fingerprint density at radius 2 is 1.86 bits per heavy atom. The van der Waals surface area contributed by atoms with E-state index in [-0.39, 0.29) is 24.5 Å². The van der Waals surface area contributed by atoms with Crippen LogP contribution in [-0.4, -0.2) is 42.5 Å². The van der Waals surface area contributed by atoms with Gasteiger partial charge < -0.3 is 15.2 Å². The first-order valence-electron chi connectivity index (χ1n) is 7.08. The molecule has 1 aromatic carbocycles. The molecule has 0 saturated carbocycles. The fourth-order valence-electron chi connectivity index (χ4n) is 1.67. The highest BCUT2D eigenvalue weighted by atomic mass is 32.2. The smallest absolute Gasteiger partial charge is 0.329 e. The maximum absolute atomic E-state index is 11.6. The lowest BCUT2D eigenvalue weighted by Crippen LogP contribution is -2.29. The minimum atomic E-state index is -1.01. The molecular formula is C16H23NO4S. The largest absolute Gasteiger partial charge is 0.480 e. The first kappa shape index (κ1) is 18.5. The second-order valence-electron chi connectivity index (χ2n) is 5.86. The van der Waals surface area contributed by atoms with Gasteiger partial charge in [0.05, 0.1) is 12.4 Å². The first-order valence-corrected chi connectivity index (χ1v) is 8.07. The average molecular weight is 325 g/mol. The maximum Gasteiger partial charge on any atom is 0.329 e. The standard InChI is InChI=1S/C16H23NO4S/c1-16(2,3)12-4-6-13(7-5-12)22-11-14(18)17-8-9-21-10-15(19)20/h4-7H,8-11H2,1-3H3,(H,17,18)(H,19,20). The van der Waals surface area contributed by atoms with Crippen molar-refractivity contribution in [3.63, 3.8) is 0 Å². The number of carboxylic acid groups (broad SMARTS) is 1.